The topological polar surface area (TPSA) is 78.7 Å². The quantitative estimate of drug-likeness (QED) is 0.466. The van der Waals surface area contributed by atoms with Gasteiger partial charge in [0.25, 0.3) is 0 Å². The summed E-state index contributed by atoms with van der Waals surface area (Å²) in [5, 5.41) is 9.81. The number of alkyl halides is 3. The number of carboxylic acids is 1. The lowest BCUT2D eigenvalue weighted by molar-refractivity contribution is -0.137. The van der Waals surface area contributed by atoms with Crippen molar-refractivity contribution in [2.45, 2.75) is 6.18 Å². The Labute approximate surface area is 195 Å². The maximum Gasteiger partial charge on any atom is 0.418 e. The zero-order valence-electron chi connectivity index (χ0n) is 18.0. The number of anilines is 2. The van der Waals surface area contributed by atoms with Crippen LogP contribution in [-0.2, 0) is 13.2 Å². The molecule has 2 aromatic heterocycles. The van der Waals surface area contributed by atoms with Gasteiger partial charge in [0, 0.05) is 44.8 Å². The molecule has 0 atom stereocenters. The first-order valence-corrected chi connectivity index (χ1v) is 11.3. The highest BCUT2D eigenvalue weighted by molar-refractivity contribution is 7.22. The molecule has 34 heavy (non-hydrogen) atoms. The fourth-order valence-electron chi connectivity index (χ4n) is 4.29. The van der Waals surface area contributed by atoms with Crippen molar-refractivity contribution in [1.82, 2.24) is 9.55 Å². The summed E-state index contributed by atoms with van der Waals surface area (Å²) in [6, 6.07) is 9.87. The van der Waals surface area contributed by atoms with Crippen molar-refractivity contribution in [2.24, 2.45) is 7.05 Å². The first kappa shape index (κ1) is 22.2. The predicted octanol–water partition coefficient (Wildman–Crippen LogP) is 4.19. The number of pyridine rings is 1. The number of carboxylic acid groups (broad SMARTS) is 1. The third-order valence-electron chi connectivity index (χ3n) is 6.02. The van der Waals surface area contributed by atoms with Gasteiger partial charge in [-0.3, -0.25) is 4.79 Å². The van der Waals surface area contributed by atoms with Crippen LogP contribution in [-0.4, -0.2) is 46.8 Å². The second kappa shape index (κ2) is 8.01. The van der Waals surface area contributed by atoms with Crippen LogP contribution in [0.25, 0.3) is 21.1 Å². The Hall–Kier alpha value is -3.60. The molecular weight excluding hydrogens is 469 g/mol. The fourth-order valence-corrected chi connectivity index (χ4v) is 5.31. The van der Waals surface area contributed by atoms with Gasteiger partial charge in [-0.25, -0.2) is 9.78 Å². The second-order valence-corrected chi connectivity index (χ2v) is 9.12. The summed E-state index contributed by atoms with van der Waals surface area (Å²) in [4.78, 5) is 32.3. The zero-order chi connectivity index (χ0) is 24.2. The highest BCUT2D eigenvalue weighted by Gasteiger charge is 2.37. The van der Waals surface area contributed by atoms with Gasteiger partial charge in [0.15, 0.2) is 5.13 Å². The Morgan fingerprint density at radius 1 is 1.09 bits per heavy atom. The minimum Gasteiger partial charge on any atom is -0.477 e. The molecule has 0 amide bonds. The number of rotatable bonds is 3. The van der Waals surface area contributed by atoms with E-state index in [0.717, 1.165) is 27.6 Å². The van der Waals surface area contributed by atoms with Gasteiger partial charge in [-0.2, -0.15) is 13.2 Å². The normalized spacial score (nSPS) is 14.8. The summed E-state index contributed by atoms with van der Waals surface area (Å²) in [5.74, 6) is -1.48. The third kappa shape index (κ3) is 3.75. The number of hydrogen-bond acceptors (Lipinski definition) is 6. The van der Waals surface area contributed by atoms with Crippen LogP contribution in [0.3, 0.4) is 0 Å². The average molecular weight is 488 g/mol. The van der Waals surface area contributed by atoms with E-state index in [1.807, 2.05) is 24.3 Å². The molecule has 4 aromatic rings. The first-order valence-electron chi connectivity index (χ1n) is 10.5. The molecule has 0 unspecified atom stereocenters. The summed E-state index contributed by atoms with van der Waals surface area (Å²) in [6.45, 7) is 1.66. The van der Waals surface area contributed by atoms with Crippen LogP contribution in [0.15, 0.2) is 47.4 Å². The molecule has 0 spiro atoms. The van der Waals surface area contributed by atoms with E-state index in [4.69, 9.17) is 0 Å². The van der Waals surface area contributed by atoms with Crippen LogP contribution in [0.1, 0.15) is 15.9 Å². The standard InChI is InChI=1S/C23H19F3N4O3S/c1-28-12-14(21(32)33)20(31)13-10-15(23(24,25)26)18(11-17(13)28)29-6-8-30(9-7-29)22-27-16-4-2-3-5-19(16)34-22/h2-5,10-12H,6-9H2,1H3,(H,32,33). The van der Waals surface area contributed by atoms with E-state index in [2.05, 4.69) is 9.88 Å². The minimum absolute atomic E-state index is 0.0259. The molecule has 176 valence electrons. The maximum atomic E-state index is 14.0. The number of hydrogen-bond donors (Lipinski definition) is 1. The van der Waals surface area contributed by atoms with Crippen LogP contribution in [0.4, 0.5) is 24.0 Å². The number of aromatic carboxylic acids is 1. The highest BCUT2D eigenvalue weighted by Crippen LogP contribution is 2.39. The van der Waals surface area contributed by atoms with E-state index >= 15 is 0 Å². The van der Waals surface area contributed by atoms with Gasteiger partial charge in [-0.05, 0) is 24.3 Å². The number of fused-ring (bicyclic) bond motifs is 2. The molecule has 0 bridgehead atoms. The van der Waals surface area contributed by atoms with Gasteiger partial charge in [0.05, 0.1) is 27.0 Å². The number of nitrogens with zero attached hydrogens (tertiary/aromatic N) is 4. The summed E-state index contributed by atoms with van der Waals surface area (Å²) in [7, 11) is 1.51. The average Bonchev–Trinajstić information content (AvgIpc) is 3.24. The first-order chi connectivity index (χ1) is 16.1. The van der Waals surface area contributed by atoms with Gasteiger partial charge in [0.2, 0.25) is 5.43 Å². The zero-order valence-corrected chi connectivity index (χ0v) is 18.8. The molecule has 1 aliphatic rings. The number of halogens is 3. The summed E-state index contributed by atoms with van der Waals surface area (Å²) < 4.78 is 44.5. The Balaban J connectivity index is 1.51. The van der Waals surface area contributed by atoms with Crippen LogP contribution in [0.5, 0.6) is 0 Å². The largest absolute Gasteiger partial charge is 0.477 e. The van der Waals surface area contributed by atoms with Gasteiger partial charge in [-0.15, -0.1) is 0 Å². The molecule has 1 N–H and O–H groups in total. The molecule has 7 nitrogen and oxygen atoms in total. The monoisotopic (exact) mass is 488 g/mol. The SMILES string of the molecule is Cn1cc(C(=O)O)c(=O)c2cc(C(F)(F)F)c(N3CCN(c4nc5ccccc5s4)CC3)cc21. The van der Waals surface area contributed by atoms with Gasteiger partial charge >= 0.3 is 12.1 Å². The number of piperazine rings is 1. The fraction of sp³-hybridized carbons (Fsp3) is 0.261. The highest BCUT2D eigenvalue weighted by atomic mass is 32.1. The number of aromatic nitrogens is 2. The van der Waals surface area contributed by atoms with Crippen molar-refractivity contribution in [3.05, 3.63) is 63.9 Å². The molecule has 0 aliphatic carbocycles. The molecular formula is C23H19F3N4O3S. The van der Waals surface area contributed by atoms with E-state index < -0.39 is 28.7 Å². The van der Waals surface area contributed by atoms with E-state index in [1.165, 1.54) is 17.7 Å². The Kier molecular flexibility index (Phi) is 5.23. The molecule has 0 saturated carbocycles. The lowest BCUT2D eigenvalue weighted by Crippen LogP contribution is -2.47. The van der Waals surface area contributed by atoms with Gasteiger partial charge in [-0.1, -0.05) is 23.5 Å². The van der Waals surface area contributed by atoms with Crippen molar-refractivity contribution in [1.29, 1.82) is 0 Å². The smallest absolute Gasteiger partial charge is 0.418 e. The van der Waals surface area contributed by atoms with Crippen molar-refractivity contribution in [2.75, 3.05) is 36.0 Å². The lowest BCUT2D eigenvalue weighted by atomic mass is 10.0. The van der Waals surface area contributed by atoms with E-state index in [9.17, 15) is 27.9 Å². The van der Waals surface area contributed by atoms with E-state index in [-0.39, 0.29) is 16.6 Å². The van der Waals surface area contributed by atoms with E-state index in [1.54, 1.807) is 16.2 Å². The molecule has 2 aromatic carbocycles. The van der Waals surface area contributed by atoms with Crippen LogP contribution in [0.2, 0.25) is 0 Å². The Morgan fingerprint density at radius 3 is 2.41 bits per heavy atom. The molecule has 11 heteroatoms. The van der Waals surface area contributed by atoms with Crippen LogP contribution >= 0.6 is 11.3 Å². The maximum absolute atomic E-state index is 14.0. The van der Waals surface area contributed by atoms with E-state index in [0.29, 0.717) is 26.2 Å². The summed E-state index contributed by atoms with van der Waals surface area (Å²) in [6.07, 6.45) is -3.58. The summed E-state index contributed by atoms with van der Waals surface area (Å²) in [5.41, 5.74) is -1.35. The lowest BCUT2D eigenvalue weighted by Gasteiger charge is -2.37. The Bertz CT molecular complexity index is 1450. The van der Waals surface area contributed by atoms with Crippen molar-refractivity contribution >= 4 is 49.2 Å². The molecule has 1 aliphatic heterocycles. The van der Waals surface area contributed by atoms with Crippen molar-refractivity contribution in [3.8, 4) is 0 Å². The third-order valence-corrected chi connectivity index (χ3v) is 7.11. The Morgan fingerprint density at radius 2 is 1.76 bits per heavy atom. The van der Waals surface area contributed by atoms with Crippen molar-refractivity contribution in [3.63, 3.8) is 0 Å². The molecule has 5 rings (SSSR count). The number of carbonyl (C=O) groups is 1. The molecule has 1 saturated heterocycles. The summed E-state index contributed by atoms with van der Waals surface area (Å²) >= 11 is 1.55. The van der Waals surface area contributed by atoms with Crippen LogP contribution < -0.4 is 15.2 Å². The number of para-hydroxylation sites is 1. The van der Waals surface area contributed by atoms with Gasteiger partial charge in [0.1, 0.15) is 5.56 Å². The second-order valence-electron chi connectivity index (χ2n) is 8.11. The van der Waals surface area contributed by atoms with Crippen molar-refractivity contribution < 1.29 is 23.1 Å². The number of thiazole rings is 1. The molecule has 3 heterocycles. The number of aryl methyl sites for hydroxylation is 1. The molecule has 0 radical (unpaired) electrons. The van der Waals surface area contributed by atoms with Gasteiger partial charge < -0.3 is 19.5 Å². The number of benzene rings is 2. The predicted molar refractivity (Wildman–Crippen MR) is 125 cm³/mol. The molecule has 1 fully saturated rings. The minimum atomic E-state index is -4.71. The van der Waals surface area contributed by atoms with Crippen LogP contribution in [0, 0.1) is 0 Å².